The van der Waals surface area contributed by atoms with Crippen molar-refractivity contribution >= 4 is 17.9 Å². The van der Waals surface area contributed by atoms with Crippen molar-refractivity contribution in [2.24, 2.45) is 0 Å². The van der Waals surface area contributed by atoms with Crippen molar-refractivity contribution in [3.8, 4) is 0 Å². The summed E-state index contributed by atoms with van der Waals surface area (Å²) in [5.41, 5.74) is 0. The lowest BCUT2D eigenvalue weighted by atomic mass is 10.1. The van der Waals surface area contributed by atoms with Gasteiger partial charge in [-0.2, -0.15) is 0 Å². The zero-order valence-electron chi connectivity index (χ0n) is 39.5. The van der Waals surface area contributed by atoms with E-state index in [0.717, 1.165) is 70.6 Å². The number of unbranched alkanes of at least 4 members (excludes halogenated alkanes) is 32. The first-order chi connectivity index (χ1) is 29.0. The van der Waals surface area contributed by atoms with Crippen LogP contribution in [0.1, 0.15) is 278 Å². The number of allylic oxidation sites excluding steroid dienone is 4. The highest BCUT2D eigenvalue weighted by Gasteiger charge is 2.19. The summed E-state index contributed by atoms with van der Waals surface area (Å²) in [7, 11) is 0. The van der Waals surface area contributed by atoms with Crippen molar-refractivity contribution in [2.45, 2.75) is 284 Å². The second-order valence-electron chi connectivity index (χ2n) is 17.4. The Morgan fingerprint density at radius 1 is 0.322 bits per heavy atom. The van der Waals surface area contributed by atoms with Crippen LogP contribution in [0.25, 0.3) is 0 Å². The summed E-state index contributed by atoms with van der Waals surface area (Å²) in [5.74, 6) is -0.877. The molecule has 0 saturated carbocycles. The molecule has 346 valence electrons. The molecule has 0 heterocycles. The molecule has 6 nitrogen and oxygen atoms in total. The standard InChI is InChI=1S/C53H98O6/c1-4-7-10-13-16-19-22-23-24-25-26-27-28-29-32-34-37-40-43-46-52(55)58-49-50(59-53(56)47-44-41-38-35-31-21-18-15-12-9-6-3)48-57-51(54)45-42-39-36-33-30-20-17-14-11-8-5-2/h15,18,25-26,50H,4-14,16-17,19-24,27-49H2,1-3H3/b18-15-,26-25-/t50-/m1/s1. The number of carbonyl (C=O) groups excluding carboxylic acids is 3. The van der Waals surface area contributed by atoms with Gasteiger partial charge in [0.25, 0.3) is 0 Å². The van der Waals surface area contributed by atoms with E-state index >= 15 is 0 Å². The fraction of sp³-hybridized carbons (Fsp3) is 0.868. The summed E-state index contributed by atoms with van der Waals surface area (Å²) < 4.78 is 16.8. The Bertz CT molecular complexity index is 958. The van der Waals surface area contributed by atoms with Gasteiger partial charge < -0.3 is 14.2 Å². The Hall–Kier alpha value is -2.11. The summed E-state index contributed by atoms with van der Waals surface area (Å²) in [6.45, 7) is 6.60. The minimum atomic E-state index is -0.771. The normalized spacial score (nSPS) is 12.1. The Balaban J connectivity index is 4.27. The first kappa shape index (κ1) is 56.9. The van der Waals surface area contributed by atoms with E-state index in [4.69, 9.17) is 14.2 Å². The Morgan fingerprint density at radius 3 is 0.898 bits per heavy atom. The molecule has 1 atom stereocenters. The van der Waals surface area contributed by atoms with Crippen LogP contribution in [0.3, 0.4) is 0 Å². The maximum Gasteiger partial charge on any atom is 0.306 e. The van der Waals surface area contributed by atoms with Gasteiger partial charge in [-0.25, -0.2) is 0 Å². The Labute approximate surface area is 366 Å². The third-order valence-electron chi connectivity index (χ3n) is 11.4. The number of esters is 3. The van der Waals surface area contributed by atoms with Crippen molar-refractivity contribution in [1.82, 2.24) is 0 Å². The predicted octanol–water partition coefficient (Wildman–Crippen LogP) is 16.8. The van der Waals surface area contributed by atoms with Crippen molar-refractivity contribution in [3.05, 3.63) is 24.3 Å². The molecular weight excluding hydrogens is 733 g/mol. The predicted molar refractivity (Wildman–Crippen MR) is 252 cm³/mol. The van der Waals surface area contributed by atoms with Crippen LogP contribution >= 0.6 is 0 Å². The molecule has 0 saturated heterocycles. The molecule has 0 rings (SSSR count). The van der Waals surface area contributed by atoms with E-state index in [-0.39, 0.29) is 31.1 Å². The molecule has 59 heavy (non-hydrogen) atoms. The highest BCUT2D eigenvalue weighted by Crippen LogP contribution is 2.15. The van der Waals surface area contributed by atoms with E-state index in [0.29, 0.717) is 19.3 Å². The summed E-state index contributed by atoms with van der Waals surface area (Å²) in [6.07, 6.45) is 54.5. The molecule has 0 aliphatic rings. The lowest BCUT2D eigenvalue weighted by molar-refractivity contribution is -0.167. The molecular formula is C53H98O6. The monoisotopic (exact) mass is 831 g/mol. The lowest BCUT2D eigenvalue weighted by Gasteiger charge is -2.18. The average Bonchev–Trinajstić information content (AvgIpc) is 3.23. The Kier molecular flexibility index (Phi) is 46.8. The van der Waals surface area contributed by atoms with Gasteiger partial charge in [-0.15, -0.1) is 0 Å². The number of carbonyl (C=O) groups is 3. The van der Waals surface area contributed by atoms with E-state index in [1.165, 1.54) is 167 Å². The topological polar surface area (TPSA) is 78.9 Å². The smallest absolute Gasteiger partial charge is 0.306 e. The maximum atomic E-state index is 12.7. The van der Waals surface area contributed by atoms with Gasteiger partial charge >= 0.3 is 17.9 Å². The van der Waals surface area contributed by atoms with Gasteiger partial charge in [-0.05, 0) is 64.2 Å². The summed E-state index contributed by atoms with van der Waals surface area (Å²) in [6, 6.07) is 0. The van der Waals surface area contributed by atoms with E-state index < -0.39 is 6.10 Å². The van der Waals surface area contributed by atoms with E-state index in [1.54, 1.807) is 0 Å². The minimum Gasteiger partial charge on any atom is -0.462 e. The molecule has 0 aromatic carbocycles. The fourth-order valence-electron chi connectivity index (χ4n) is 7.48. The van der Waals surface area contributed by atoms with Crippen LogP contribution in [0, 0.1) is 0 Å². The zero-order valence-corrected chi connectivity index (χ0v) is 39.5. The third kappa shape index (κ3) is 46.8. The van der Waals surface area contributed by atoms with E-state index in [9.17, 15) is 14.4 Å². The summed E-state index contributed by atoms with van der Waals surface area (Å²) in [5, 5.41) is 0. The molecule has 0 radical (unpaired) electrons. The molecule has 0 unspecified atom stereocenters. The molecule has 0 amide bonds. The van der Waals surface area contributed by atoms with E-state index in [1.807, 2.05) is 0 Å². The van der Waals surface area contributed by atoms with Crippen molar-refractivity contribution in [1.29, 1.82) is 0 Å². The van der Waals surface area contributed by atoms with Crippen LogP contribution in [0.4, 0.5) is 0 Å². The molecule has 6 heteroatoms. The minimum absolute atomic E-state index is 0.0727. The molecule has 0 spiro atoms. The van der Waals surface area contributed by atoms with Crippen LogP contribution in [-0.4, -0.2) is 37.2 Å². The second kappa shape index (κ2) is 48.6. The third-order valence-corrected chi connectivity index (χ3v) is 11.4. The van der Waals surface area contributed by atoms with Crippen LogP contribution in [0.5, 0.6) is 0 Å². The largest absolute Gasteiger partial charge is 0.462 e. The maximum absolute atomic E-state index is 12.7. The van der Waals surface area contributed by atoms with Gasteiger partial charge in [0.1, 0.15) is 13.2 Å². The van der Waals surface area contributed by atoms with Crippen LogP contribution in [0.15, 0.2) is 24.3 Å². The first-order valence-corrected chi connectivity index (χ1v) is 25.8. The number of ether oxygens (including phenoxy) is 3. The quantitative estimate of drug-likeness (QED) is 0.0263. The van der Waals surface area contributed by atoms with Gasteiger partial charge in [-0.3, -0.25) is 14.4 Å². The molecule has 0 fully saturated rings. The van der Waals surface area contributed by atoms with Gasteiger partial charge in [0.15, 0.2) is 6.10 Å². The Morgan fingerprint density at radius 2 is 0.576 bits per heavy atom. The molecule has 0 aromatic heterocycles. The molecule has 0 aromatic rings. The van der Waals surface area contributed by atoms with Crippen molar-refractivity contribution < 1.29 is 28.6 Å². The van der Waals surface area contributed by atoms with Gasteiger partial charge in [-0.1, -0.05) is 218 Å². The van der Waals surface area contributed by atoms with Gasteiger partial charge in [0, 0.05) is 19.3 Å². The van der Waals surface area contributed by atoms with Crippen LogP contribution in [0.2, 0.25) is 0 Å². The zero-order chi connectivity index (χ0) is 43.0. The number of hydrogen-bond donors (Lipinski definition) is 0. The molecule has 0 aliphatic heterocycles. The lowest BCUT2D eigenvalue weighted by Crippen LogP contribution is -2.30. The average molecular weight is 831 g/mol. The summed E-state index contributed by atoms with van der Waals surface area (Å²) >= 11 is 0. The molecule has 0 aliphatic carbocycles. The number of hydrogen-bond acceptors (Lipinski definition) is 6. The highest BCUT2D eigenvalue weighted by atomic mass is 16.6. The highest BCUT2D eigenvalue weighted by molar-refractivity contribution is 5.71. The van der Waals surface area contributed by atoms with Crippen molar-refractivity contribution in [3.63, 3.8) is 0 Å². The molecule has 0 N–H and O–H groups in total. The van der Waals surface area contributed by atoms with E-state index in [2.05, 4.69) is 45.1 Å². The SMILES string of the molecule is CCCC/C=C\CCCCCCCC(=O)O[C@@H](COC(=O)CCCCCCCCC/C=C\CCCCCCCCCC)COC(=O)CCCCCCCCCCCCC. The van der Waals surface area contributed by atoms with Gasteiger partial charge in [0.05, 0.1) is 0 Å². The van der Waals surface area contributed by atoms with Gasteiger partial charge in [0.2, 0.25) is 0 Å². The number of rotatable bonds is 47. The second-order valence-corrected chi connectivity index (χ2v) is 17.4. The first-order valence-electron chi connectivity index (χ1n) is 25.8. The summed E-state index contributed by atoms with van der Waals surface area (Å²) in [4.78, 5) is 37.9. The molecule has 0 bridgehead atoms. The van der Waals surface area contributed by atoms with Crippen LogP contribution in [-0.2, 0) is 28.6 Å². The fourth-order valence-corrected chi connectivity index (χ4v) is 7.48. The van der Waals surface area contributed by atoms with Crippen LogP contribution < -0.4 is 0 Å². The van der Waals surface area contributed by atoms with Crippen molar-refractivity contribution in [2.75, 3.05) is 13.2 Å².